The van der Waals surface area contributed by atoms with Crippen molar-refractivity contribution >= 4 is 16.5 Å². The van der Waals surface area contributed by atoms with Crippen molar-refractivity contribution in [3.05, 3.63) is 10.6 Å². The Morgan fingerprint density at radius 3 is 2.65 bits per heavy atom. The average Bonchev–Trinajstić information content (AvgIpc) is 3.29. The fourth-order valence-electron chi connectivity index (χ4n) is 2.70. The van der Waals surface area contributed by atoms with Gasteiger partial charge in [0.15, 0.2) is 5.13 Å². The van der Waals surface area contributed by atoms with Gasteiger partial charge >= 0.3 is 0 Å². The second-order valence-electron chi connectivity index (χ2n) is 6.97. The minimum atomic E-state index is 0.518. The third-order valence-corrected chi connectivity index (χ3v) is 5.69. The van der Waals surface area contributed by atoms with E-state index in [1.165, 1.54) is 41.5 Å². The van der Waals surface area contributed by atoms with E-state index < -0.39 is 0 Å². The van der Waals surface area contributed by atoms with E-state index in [2.05, 4.69) is 38.0 Å². The van der Waals surface area contributed by atoms with Crippen LogP contribution in [0.2, 0.25) is 0 Å². The highest BCUT2D eigenvalue weighted by Gasteiger charge is 2.34. The molecular weight excluding hydrogens is 266 g/mol. The molecule has 1 heterocycles. The number of anilines is 1. The van der Waals surface area contributed by atoms with Crippen molar-refractivity contribution in [1.29, 1.82) is 0 Å². The molecule has 0 bridgehead atoms. The normalized spacial score (nSPS) is 25.2. The molecule has 1 aromatic rings. The summed E-state index contributed by atoms with van der Waals surface area (Å²) in [6, 6.07) is 0.769. The lowest BCUT2D eigenvalue weighted by atomic mass is 10.1. The lowest BCUT2D eigenvalue weighted by Gasteiger charge is -2.15. The standard InChI is InChI=1S/C16H27N3S/c1-10(2)15-14(8-17-13-5-6-13)20-16(18-15)19(4)9-12-7-11(12)3/h10-13,17H,5-9H2,1-4H3. The molecule has 2 aliphatic carbocycles. The highest BCUT2D eigenvalue weighted by Crippen LogP contribution is 2.39. The van der Waals surface area contributed by atoms with Gasteiger partial charge in [0.1, 0.15) is 0 Å². The second-order valence-corrected chi connectivity index (χ2v) is 8.03. The molecule has 3 rings (SSSR count). The summed E-state index contributed by atoms with van der Waals surface area (Å²) in [5.74, 6) is 2.32. The summed E-state index contributed by atoms with van der Waals surface area (Å²) in [6.07, 6.45) is 4.09. The maximum atomic E-state index is 4.92. The fourth-order valence-corrected chi connectivity index (χ4v) is 3.84. The van der Waals surface area contributed by atoms with Crippen molar-refractivity contribution in [2.75, 3.05) is 18.5 Å². The summed E-state index contributed by atoms with van der Waals surface area (Å²) in [6.45, 7) is 9.03. The third kappa shape index (κ3) is 3.34. The molecule has 4 heteroatoms. The van der Waals surface area contributed by atoms with Crippen molar-refractivity contribution in [2.24, 2.45) is 11.8 Å². The summed E-state index contributed by atoms with van der Waals surface area (Å²) in [5.41, 5.74) is 1.30. The molecule has 1 N–H and O–H groups in total. The molecule has 2 fully saturated rings. The van der Waals surface area contributed by atoms with E-state index in [1.54, 1.807) is 0 Å². The van der Waals surface area contributed by atoms with E-state index in [4.69, 9.17) is 4.98 Å². The molecule has 1 aromatic heterocycles. The van der Waals surface area contributed by atoms with Gasteiger partial charge in [0.25, 0.3) is 0 Å². The Morgan fingerprint density at radius 1 is 1.40 bits per heavy atom. The van der Waals surface area contributed by atoms with Crippen LogP contribution >= 0.6 is 11.3 Å². The summed E-state index contributed by atoms with van der Waals surface area (Å²) >= 11 is 1.89. The minimum absolute atomic E-state index is 0.518. The van der Waals surface area contributed by atoms with Crippen molar-refractivity contribution < 1.29 is 0 Å². The van der Waals surface area contributed by atoms with E-state index in [9.17, 15) is 0 Å². The maximum absolute atomic E-state index is 4.92. The first-order chi connectivity index (χ1) is 9.54. The smallest absolute Gasteiger partial charge is 0.185 e. The average molecular weight is 293 g/mol. The van der Waals surface area contributed by atoms with Crippen molar-refractivity contribution in [2.45, 2.75) is 58.5 Å². The first kappa shape index (κ1) is 14.3. The van der Waals surface area contributed by atoms with Crippen LogP contribution in [0.4, 0.5) is 5.13 Å². The second kappa shape index (κ2) is 5.64. The monoisotopic (exact) mass is 293 g/mol. The van der Waals surface area contributed by atoms with Gasteiger partial charge in [0, 0.05) is 31.1 Å². The largest absolute Gasteiger partial charge is 0.351 e. The van der Waals surface area contributed by atoms with Crippen LogP contribution < -0.4 is 10.2 Å². The first-order valence-corrected chi connectivity index (χ1v) is 8.80. The van der Waals surface area contributed by atoms with Crippen LogP contribution in [-0.2, 0) is 6.54 Å². The van der Waals surface area contributed by atoms with E-state index in [0.717, 1.165) is 24.4 Å². The summed E-state index contributed by atoms with van der Waals surface area (Å²) in [5, 5.41) is 4.84. The van der Waals surface area contributed by atoms with Crippen LogP contribution in [0.25, 0.3) is 0 Å². The maximum Gasteiger partial charge on any atom is 0.185 e. The molecule has 0 saturated heterocycles. The van der Waals surface area contributed by atoms with Crippen LogP contribution in [0.5, 0.6) is 0 Å². The Labute approximate surface area is 126 Å². The zero-order valence-electron chi connectivity index (χ0n) is 13.1. The molecule has 0 spiro atoms. The molecule has 20 heavy (non-hydrogen) atoms. The number of hydrogen-bond donors (Lipinski definition) is 1. The van der Waals surface area contributed by atoms with E-state index in [-0.39, 0.29) is 0 Å². The summed E-state index contributed by atoms with van der Waals surface area (Å²) < 4.78 is 0. The zero-order chi connectivity index (χ0) is 14.3. The number of rotatable bonds is 7. The number of thiazole rings is 1. The quantitative estimate of drug-likeness (QED) is 0.832. The molecule has 0 aromatic carbocycles. The summed E-state index contributed by atoms with van der Waals surface area (Å²) in [7, 11) is 2.20. The van der Waals surface area contributed by atoms with Gasteiger partial charge in [0.2, 0.25) is 0 Å². The minimum Gasteiger partial charge on any atom is -0.351 e. The van der Waals surface area contributed by atoms with Crippen LogP contribution in [0.3, 0.4) is 0 Å². The summed E-state index contributed by atoms with van der Waals surface area (Å²) in [4.78, 5) is 8.73. The predicted octanol–water partition coefficient (Wildman–Crippen LogP) is 3.61. The van der Waals surface area contributed by atoms with Crippen molar-refractivity contribution in [3.8, 4) is 0 Å². The van der Waals surface area contributed by atoms with Gasteiger partial charge in [-0.3, -0.25) is 0 Å². The predicted molar refractivity (Wildman–Crippen MR) is 86.6 cm³/mol. The SMILES string of the molecule is CC(C)c1nc(N(C)CC2CC2C)sc1CNC1CC1. The number of aromatic nitrogens is 1. The number of hydrogen-bond acceptors (Lipinski definition) is 4. The van der Waals surface area contributed by atoms with Crippen LogP contribution in [-0.4, -0.2) is 24.6 Å². The first-order valence-electron chi connectivity index (χ1n) is 7.98. The lowest BCUT2D eigenvalue weighted by Crippen LogP contribution is -2.20. The molecule has 112 valence electrons. The van der Waals surface area contributed by atoms with Crippen LogP contribution in [0.1, 0.15) is 56.5 Å². The Morgan fingerprint density at radius 2 is 2.10 bits per heavy atom. The third-order valence-electron chi connectivity index (χ3n) is 4.50. The van der Waals surface area contributed by atoms with Crippen molar-refractivity contribution in [3.63, 3.8) is 0 Å². The van der Waals surface area contributed by atoms with Gasteiger partial charge in [-0.25, -0.2) is 4.98 Å². The molecule has 3 nitrogen and oxygen atoms in total. The fraction of sp³-hybridized carbons (Fsp3) is 0.812. The Bertz CT molecular complexity index is 464. The van der Waals surface area contributed by atoms with Gasteiger partial charge in [-0.05, 0) is 37.0 Å². The van der Waals surface area contributed by atoms with Gasteiger partial charge in [-0.2, -0.15) is 0 Å². The highest BCUT2D eigenvalue weighted by molar-refractivity contribution is 7.15. The van der Waals surface area contributed by atoms with E-state index in [0.29, 0.717) is 5.92 Å². The lowest BCUT2D eigenvalue weighted by molar-refractivity contribution is 0.680. The zero-order valence-corrected chi connectivity index (χ0v) is 14.0. The van der Waals surface area contributed by atoms with Gasteiger partial charge in [-0.1, -0.05) is 20.8 Å². The van der Waals surface area contributed by atoms with Gasteiger partial charge in [-0.15, -0.1) is 11.3 Å². The van der Waals surface area contributed by atoms with Crippen LogP contribution in [0.15, 0.2) is 0 Å². The van der Waals surface area contributed by atoms with Crippen molar-refractivity contribution in [1.82, 2.24) is 10.3 Å². The van der Waals surface area contributed by atoms with E-state index >= 15 is 0 Å². The van der Waals surface area contributed by atoms with Gasteiger partial charge < -0.3 is 10.2 Å². The Hall–Kier alpha value is -0.610. The highest BCUT2D eigenvalue weighted by atomic mass is 32.1. The van der Waals surface area contributed by atoms with Crippen LogP contribution in [0, 0.1) is 11.8 Å². The molecule has 0 amide bonds. The Kier molecular flexibility index (Phi) is 4.04. The number of nitrogens with zero attached hydrogens (tertiary/aromatic N) is 2. The molecule has 2 saturated carbocycles. The number of nitrogens with one attached hydrogen (secondary N) is 1. The molecule has 0 aliphatic heterocycles. The molecular formula is C16H27N3S. The molecule has 0 radical (unpaired) electrons. The van der Waals surface area contributed by atoms with E-state index in [1.807, 2.05) is 11.3 Å². The molecule has 2 atom stereocenters. The molecule has 2 aliphatic rings. The Balaban J connectivity index is 1.67. The van der Waals surface area contributed by atoms with Gasteiger partial charge in [0.05, 0.1) is 5.69 Å². The molecule has 2 unspecified atom stereocenters. The topological polar surface area (TPSA) is 28.2 Å².